The van der Waals surface area contributed by atoms with E-state index in [1.165, 1.54) is 0 Å². The molecule has 1 atom stereocenters. The number of hydrogen-bond donors (Lipinski definition) is 2. The Kier molecular flexibility index (Phi) is 6.80. The maximum atomic E-state index is 13.3. The fourth-order valence-corrected chi connectivity index (χ4v) is 5.26. The van der Waals surface area contributed by atoms with Gasteiger partial charge in [0.25, 0.3) is 0 Å². The van der Waals surface area contributed by atoms with Crippen LogP contribution in [0.5, 0.6) is 0 Å². The minimum Gasteiger partial charge on any atom is -0.460 e. The number of oxime groups is 1. The Bertz CT molecular complexity index is 1660. The fraction of sp³-hybridized carbons (Fsp3) is 0.276. The van der Waals surface area contributed by atoms with Crippen molar-refractivity contribution in [1.29, 1.82) is 0 Å². The summed E-state index contributed by atoms with van der Waals surface area (Å²) in [6, 6.07) is 11.0. The molecule has 7 nitrogen and oxygen atoms in total. The number of nitrogens with zero attached hydrogens (tertiary/aromatic N) is 2. The van der Waals surface area contributed by atoms with Gasteiger partial charge >= 0.3 is 7.12 Å². The van der Waals surface area contributed by atoms with Crippen LogP contribution in [0.25, 0.3) is 22.2 Å². The van der Waals surface area contributed by atoms with E-state index in [0.717, 1.165) is 33.5 Å². The van der Waals surface area contributed by atoms with E-state index in [2.05, 4.69) is 15.5 Å². The van der Waals surface area contributed by atoms with E-state index in [1.54, 1.807) is 12.3 Å². The largest absolute Gasteiger partial charge is 0.583 e. The normalized spacial score (nSPS) is 13.6. The number of aromatic nitrogens is 1. The molecule has 0 spiro atoms. The highest BCUT2D eigenvalue weighted by molar-refractivity contribution is 6.62. The number of pyridine rings is 1. The quantitative estimate of drug-likeness (QED) is 0.251. The highest BCUT2D eigenvalue weighted by Gasteiger charge is 2.28. The summed E-state index contributed by atoms with van der Waals surface area (Å²) in [6.45, 7) is 11.8. The van der Waals surface area contributed by atoms with Crippen molar-refractivity contribution >= 4 is 47.1 Å². The molecule has 2 N–H and O–H groups in total. The molecule has 1 aliphatic heterocycles. The van der Waals surface area contributed by atoms with Crippen molar-refractivity contribution in [2.24, 2.45) is 5.16 Å². The molecule has 0 saturated heterocycles. The molecule has 5 rings (SSSR count). The second kappa shape index (κ2) is 9.93. The summed E-state index contributed by atoms with van der Waals surface area (Å²) in [7, 11) is -1.11. The number of halogens is 1. The molecular formula is C29H29BClN3O4. The number of anilines is 1. The Morgan fingerprint density at radius 3 is 2.55 bits per heavy atom. The summed E-state index contributed by atoms with van der Waals surface area (Å²) in [5.74, 6) is 0.780. The number of rotatable bonds is 5. The molecule has 9 heteroatoms. The second-order valence-electron chi connectivity index (χ2n) is 10.1. The van der Waals surface area contributed by atoms with E-state index < -0.39 is 7.12 Å². The SMILES string of the molecule is Cc1cc([C@@H](C)Nc2ccc(Cl)nc2-c2ccc3c(c2C)C=NOB3O)c2oc(C(C)C)c(C)c(=O)c2c1. The van der Waals surface area contributed by atoms with Gasteiger partial charge in [0.05, 0.1) is 29.0 Å². The third-order valence-corrected chi connectivity index (χ3v) is 7.28. The zero-order valence-electron chi connectivity index (χ0n) is 22.2. The molecular weight excluding hydrogens is 501 g/mol. The number of fused-ring (bicyclic) bond motifs is 2. The molecule has 0 unspecified atom stereocenters. The van der Waals surface area contributed by atoms with Gasteiger partial charge in [-0.15, -0.1) is 5.16 Å². The molecule has 3 heterocycles. The van der Waals surface area contributed by atoms with E-state index in [9.17, 15) is 9.82 Å². The van der Waals surface area contributed by atoms with Crippen molar-refractivity contribution in [3.8, 4) is 11.3 Å². The van der Waals surface area contributed by atoms with Crippen molar-refractivity contribution in [3.05, 3.63) is 85.4 Å². The molecule has 2 aromatic heterocycles. The first kappa shape index (κ1) is 26.0. The lowest BCUT2D eigenvalue weighted by Crippen LogP contribution is -2.38. The van der Waals surface area contributed by atoms with Crippen LogP contribution in [0.1, 0.15) is 66.3 Å². The number of hydrogen-bond acceptors (Lipinski definition) is 7. The van der Waals surface area contributed by atoms with Crippen LogP contribution in [0.2, 0.25) is 5.15 Å². The van der Waals surface area contributed by atoms with Gasteiger partial charge < -0.3 is 19.5 Å². The lowest BCUT2D eigenvalue weighted by molar-refractivity contribution is 0.286. The molecule has 0 aliphatic carbocycles. The van der Waals surface area contributed by atoms with Crippen LogP contribution in [0.4, 0.5) is 5.69 Å². The third kappa shape index (κ3) is 4.48. The summed E-state index contributed by atoms with van der Waals surface area (Å²) in [5, 5.41) is 18.5. The molecule has 194 valence electrons. The lowest BCUT2D eigenvalue weighted by Gasteiger charge is -2.22. The smallest absolute Gasteiger partial charge is 0.460 e. The van der Waals surface area contributed by atoms with Crippen LogP contribution < -0.4 is 16.2 Å². The Hall–Kier alpha value is -3.62. The molecule has 0 amide bonds. The van der Waals surface area contributed by atoms with Crippen molar-refractivity contribution < 1.29 is 14.2 Å². The highest BCUT2D eigenvalue weighted by atomic mass is 35.5. The van der Waals surface area contributed by atoms with Crippen molar-refractivity contribution in [2.45, 2.75) is 53.5 Å². The summed E-state index contributed by atoms with van der Waals surface area (Å²) in [5.41, 5.74) is 7.69. The van der Waals surface area contributed by atoms with E-state index >= 15 is 0 Å². The highest BCUT2D eigenvalue weighted by Crippen LogP contribution is 2.35. The van der Waals surface area contributed by atoms with Gasteiger partial charge in [0, 0.05) is 33.6 Å². The number of aryl methyl sites for hydroxylation is 1. The van der Waals surface area contributed by atoms with Crippen LogP contribution in [0.15, 0.2) is 50.8 Å². The first-order chi connectivity index (χ1) is 18.1. The second-order valence-corrected chi connectivity index (χ2v) is 10.5. The van der Waals surface area contributed by atoms with Gasteiger partial charge in [0.1, 0.15) is 16.5 Å². The Labute approximate surface area is 226 Å². The predicted octanol–water partition coefficient (Wildman–Crippen LogP) is 5.78. The van der Waals surface area contributed by atoms with Gasteiger partial charge in [0.2, 0.25) is 0 Å². The minimum atomic E-state index is -1.11. The molecule has 0 bridgehead atoms. The minimum absolute atomic E-state index is 0.00142. The van der Waals surface area contributed by atoms with Gasteiger partial charge in [-0.1, -0.05) is 43.6 Å². The summed E-state index contributed by atoms with van der Waals surface area (Å²) in [4.78, 5) is 17.9. The first-order valence-corrected chi connectivity index (χ1v) is 13.0. The molecule has 2 aromatic carbocycles. The number of nitrogens with one attached hydrogen (secondary N) is 1. The molecule has 38 heavy (non-hydrogen) atoms. The number of benzene rings is 2. The van der Waals surface area contributed by atoms with Crippen LogP contribution in [0.3, 0.4) is 0 Å². The molecule has 0 fully saturated rings. The summed E-state index contributed by atoms with van der Waals surface area (Å²) < 4.78 is 11.4. The third-order valence-electron chi connectivity index (χ3n) is 7.07. The zero-order chi connectivity index (χ0) is 27.3. The average molecular weight is 530 g/mol. The van der Waals surface area contributed by atoms with Gasteiger partial charge in [-0.2, -0.15) is 0 Å². The predicted molar refractivity (Wildman–Crippen MR) is 154 cm³/mol. The van der Waals surface area contributed by atoms with E-state index in [0.29, 0.717) is 38.6 Å². The van der Waals surface area contributed by atoms with Crippen molar-refractivity contribution in [2.75, 3.05) is 5.32 Å². The fourth-order valence-electron chi connectivity index (χ4n) is 5.12. The lowest BCUT2D eigenvalue weighted by atomic mass is 9.74. The van der Waals surface area contributed by atoms with Crippen molar-refractivity contribution in [1.82, 2.24) is 4.98 Å². The first-order valence-electron chi connectivity index (χ1n) is 12.6. The molecule has 0 saturated carbocycles. The van der Waals surface area contributed by atoms with Gasteiger partial charge in [-0.05, 0) is 57.0 Å². The molecule has 4 aromatic rings. The van der Waals surface area contributed by atoms with Crippen LogP contribution in [-0.2, 0) is 4.76 Å². The standard InChI is InChI=1S/C29H29BClN3O4/c1-14(2)28-17(5)27(35)21-12-15(3)11-20(29(21)37-28)18(6)33-24-9-10-25(31)34-26(24)19-7-8-23-22(16(19)4)13-32-38-30(23)36/h7-14,18,33,36H,1-6H3/t18-/m1/s1. The van der Waals surface area contributed by atoms with E-state index in [-0.39, 0.29) is 17.4 Å². The Morgan fingerprint density at radius 2 is 1.82 bits per heavy atom. The van der Waals surface area contributed by atoms with E-state index in [4.69, 9.17) is 20.8 Å². The molecule has 1 aliphatic rings. The van der Waals surface area contributed by atoms with Gasteiger partial charge in [0.15, 0.2) is 5.43 Å². The van der Waals surface area contributed by atoms with Gasteiger partial charge in [-0.3, -0.25) is 4.79 Å². The summed E-state index contributed by atoms with van der Waals surface area (Å²) in [6.07, 6.45) is 1.59. The van der Waals surface area contributed by atoms with E-state index in [1.807, 2.05) is 71.9 Å². The zero-order valence-corrected chi connectivity index (χ0v) is 23.0. The average Bonchev–Trinajstić information content (AvgIpc) is 2.87. The van der Waals surface area contributed by atoms with Crippen molar-refractivity contribution in [3.63, 3.8) is 0 Å². The Balaban J connectivity index is 1.62. The van der Waals surface area contributed by atoms with Crippen LogP contribution in [-0.4, -0.2) is 23.3 Å². The summed E-state index contributed by atoms with van der Waals surface area (Å²) >= 11 is 6.34. The Morgan fingerprint density at radius 1 is 1.05 bits per heavy atom. The molecule has 0 radical (unpaired) electrons. The maximum absolute atomic E-state index is 13.3. The van der Waals surface area contributed by atoms with Crippen LogP contribution in [0, 0.1) is 20.8 Å². The van der Waals surface area contributed by atoms with Gasteiger partial charge in [-0.25, -0.2) is 4.98 Å². The monoisotopic (exact) mass is 529 g/mol. The maximum Gasteiger partial charge on any atom is 0.583 e. The van der Waals surface area contributed by atoms with Crippen LogP contribution >= 0.6 is 11.6 Å². The topological polar surface area (TPSA) is 97.0 Å².